The highest BCUT2D eigenvalue weighted by Crippen LogP contribution is 2.30. The van der Waals surface area contributed by atoms with Crippen LogP contribution in [0.5, 0.6) is 0 Å². The fourth-order valence-corrected chi connectivity index (χ4v) is 2.49. The number of hydrogen-bond acceptors (Lipinski definition) is 2. The molecule has 0 aliphatic heterocycles. The van der Waals surface area contributed by atoms with Gasteiger partial charge in [-0.15, -0.1) is 0 Å². The van der Waals surface area contributed by atoms with E-state index in [0.717, 1.165) is 18.2 Å². The molecule has 98 valence electrons. The minimum atomic E-state index is -0.140. The van der Waals surface area contributed by atoms with E-state index in [0.29, 0.717) is 11.6 Å². The minimum absolute atomic E-state index is 0.140. The number of carbonyl (C=O) groups is 1. The van der Waals surface area contributed by atoms with E-state index < -0.39 is 0 Å². The first-order valence-corrected chi connectivity index (χ1v) is 6.55. The number of carbonyl (C=O) groups excluding carboxylic acids is 1. The summed E-state index contributed by atoms with van der Waals surface area (Å²) in [4.78, 5) is 11.7. The molecule has 0 radical (unpaired) electrons. The van der Waals surface area contributed by atoms with Crippen molar-refractivity contribution in [3.63, 3.8) is 0 Å². The van der Waals surface area contributed by atoms with Gasteiger partial charge in [-0.3, -0.25) is 0 Å². The lowest BCUT2D eigenvalue weighted by Crippen LogP contribution is -2.33. The molecular formula is C14H21N3O. The smallest absolute Gasteiger partial charge is 0.319 e. The molecule has 0 heterocycles. The molecule has 0 spiro atoms. The highest BCUT2D eigenvalue weighted by atomic mass is 16.2. The molecule has 4 heteroatoms. The minimum Gasteiger partial charge on any atom is -0.399 e. The van der Waals surface area contributed by atoms with E-state index in [4.69, 9.17) is 5.73 Å². The zero-order valence-corrected chi connectivity index (χ0v) is 10.8. The average Bonchev–Trinajstić information content (AvgIpc) is 2.75. The van der Waals surface area contributed by atoms with Crippen LogP contribution in [0.15, 0.2) is 24.3 Å². The second-order valence-electron chi connectivity index (χ2n) is 5.13. The molecule has 2 amide bonds. The van der Waals surface area contributed by atoms with Crippen molar-refractivity contribution in [3.05, 3.63) is 24.3 Å². The highest BCUT2D eigenvalue weighted by Gasteiger charge is 2.23. The summed E-state index contributed by atoms with van der Waals surface area (Å²) >= 11 is 0. The monoisotopic (exact) mass is 247 g/mol. The standard InChI is InChI=1S/C14H21N3O/c1-10-3-2-4-11(10)9-16-14(18)17-13-7-5-12(15)6-8-13/h5-8,10-11H,2-4,9,15H2,1H3,(H2,16,17,18). The van der Waals surface area contributed by atoms with Gasteiger partial charge in [0, 0.05) is 17.9 Å². The molecule has 4 nitrogen and oxygen atoms in total. The SMILES string of the molecule is CC1CCCC1CNC(=O)Nc1ccc(N)cc1. The Balaban J connectivity index is 1.76. The van der Waals surface area contributed by atoms with Crippen molar-refractivity contribution in [1.29, 1.82) is 0 Å². The summed E-state index contributed by atoms with van der Waals surface area (Å²) in [5.74, 6) is 1.35. The third-order valence-electron chi connectivity index (χ3n) is 3.73. The van der Waals surface area contributed by atoms with E-state index in [1.807, 2.05) is 0 Å². The molecular weight excluding hydrogens is 226 g/mol. The Kier molecular flexibility index (Phi) is 4.07. The number of nitrogen functional groups attached to an aromatic ring is 1. The highest BCUT2D eigenvalue weighted by molar-refractivity contribution is 5.89. The summed E-state index contributed by atoms with van der Waals surface area (Å²) in [7, 11) is 0. The van der Waals surface area contributed by atoms with E-state index >= 15 is 0 Å². The molecule has 18 heavy (non-hydrogen) atoms. The first-order chi connectivity index (χ1) is 8.65. The molecule has 0 saturated heterocycles. The lowest BCUT2D eigenvalue weighted by atomic mass is 9.98. The summed E-state index contributed by atoms with van der Waals surface area (Å²) in [5, 5.41) is 5.74. The summed E-state index contributed by atoms with van der Waals surface area (Å²) in [6.07, 6.45) is 3.79. The maximum atomic E-state index is 11.7. The summed E-state index contributed by atoms with van der Waals surface area (Å²) in [6, 6.07) is 7.00. The number of rotatable bonds is 3. The number of amides is 2. The second kappa shape index (κ2) is 5.76. The van der Waals surface area contributed by atoms with Crippen LogP contribution in [0.25, 0.3) is 0 Å². The zero-order valence-electron chi connectivity index (χ0n) is 10.8. The maximum absolute atomic E-state index is 11.7. The first kappa shape index (κ1) is 12.7. The van der Waals surface area contributed by atoms with Crippen LogP contribution < -0.4 is 16.4 Å². The second-order valence-corrected chi connectivity index (χ2v) is 5.13. The third-order valence-corrected chi connectivity index (χ3v) is 3.73. The molecule has 1 aliphatic carbocycles. The Hall–Kier alpha value is -1.71. The third kappa shape index (κ3) is 3.39. The molecule has 1 aliphatic rings. The van der Waals surface area contributed by atoms with Crippen LogP contribution >= 0.6 is 0 Å². The van der Waals surface area contributed by atoms with Gasteiger partial charge in [0.1, 0.15) is 0 Å². The van der Waals surface area contributed by atoms with Gasteiger partial charge in [0.15, 0.2) is 0 Å². The van der Waals surface area contributed by atoms with Gasteiger partial charge >= 0.3 is 6.03 Å². The predicted molar refractivity (Wildman–Crippen MR) is 74.4 cm³/mol. The van der Waals surface area contributed by atoms with Gasteiger partial charge in [0.25, 0.3) is 0 Å². The number of urea groups is 1. The molecule has 1 aromatic carbocycles. The van der Waals surface area contributed by atoms with Crippen LogP contribution in [0.1, 0.15) is 26.2 Å². The quantitative estimate of drug-likeness (QED) is 0.719. The average molecular weight is 247 g/mol. The lowest BCUT2D eigenvalue weighted by Gasteiger charge is -2.16. The van der Waals surface area contributed by atoms with Gasteiger partial charge in [0.2, 0.25) is 0 Å². The largest absolute Gasteiger partial charge is 0.399 e. The van der Waals surface area contributed by atoms with Gasteiger partial charge in [-0.2, -0.15) is 0 Å². The fourth-order valence-electron chi connectivity index (χ4n) is 2.49. The molecule has 2 unspecified atom stereocenters. The Morgan fingerprint density at radius 2 is 2.06 bits per heavy atom. The van der Waals surface area contributed by atoms with E-state index in [2.05, 4.69) is 17.6 Å². The van der Waals surface area contributed by atoms with Crippen molar-refractivity contribution in [3.8, 4) is 0 Å². The number of hydrogen-bond donors (Lipinski definition) is 3. The zero-order chi connectivity index (χ0) is 13.0. The number of nitrogens with one attached hydrogen (secondary N) is 2. The van der Waals surface area contributed by atoms with Crippen molar-refractivity contribution in [1.82, 2.24) is 5.32 Å². The summed E-state index contributed by atoms with van der Waals surface area (Å²) < 4.78 is 0. The van der Waals surface area contributed by atoms with Gasteiger partial charge in [-0.1, -0.05) is 19.8 Å². The summed E-state index contributed by atoms with van der Waals surface area (Å²) in [5.41, 5.74) is 7.05. The van der Waals surface area contributed by atoms with Crippen molar-refractivity contribution >= 4 is 17.4 Å². The van der Waals surface area contributed by atoms with Crippen LogP contribution in [0.4, 0.5) is 16.2 Å². The van der Waals surface area contributed by atoms with Gasteiger partial charge in [0.05, 0.1) is 0 Å². The van der Waals surface area contributed by atoms with Crippen LogP contribution in [0, 0.1) is 11.8 Å². The molecule has 4 N–H and O–H groups in total. The van der Waals surface area contributed by atoms with E-state index in [1.54, 1.807) is 24.3 Å². The Labute approximate surface area is 108 Å². The van der Waals surface area contributed by atoms with Gasteiger partial charge in [-0.05, 0) is 42.5 Å². The molecule has 1 aromatic rings. The molecule has 1 saturated carbocycles. The molecule has 2 rings (SSSR count). The van der Waals surface area contributed by atoms with Crippen molar-refractivity contribution < 1.29 is 4.79 Å². The fraction of sp³-hybridized carbons (Fsp3) is 0.500. The molecule has 0 aromatic heterocycles. The first-order valence-electron chi connectivity index (χ1n) is 6.55. The normalized spacial score (nSPS) is 22.7. The van der Waals surface area contributed by atoms with Crippen LogP contribution in [0.2, 0.25) is 0 Å². The predicted octanol–water partition coefficient (Wildman–Crippen LogP) is 2.83. The molecule has 0 bridgehead atoms. The van der Waals surface area contributed by atoms with Crippen LogP contribution in [-0.2, 0) is 0 Å². The molecule has 2 atom stereocenters. The van der Waals surface area contributed by atoms with E-state index in [9.17, 15) is 4.79 Å². The van der Waals surface area contributed by atoms with Crippen LogP contribution in [-0.4, -0.2) is 12.6 Å². The summed E-state index contributed by atoms with van der Waals surface area (Å²) in [6.45, 7) is 3.03. The number of nitrogens with two attached hydrogens (primary N) is 1. The van der Waals surface area contributed by atoms with Crippen LogP contribution in [0.3, 0.4) is 0 Å². The maximum Gasteiger partial charge on any atom is 0.319 e. The van der Waals surface area contributed by atoms with Gasteiger partial charge in [-0.25, -0.2) is 4.79 Å². The van der Waals surface area contributed by atoms with Crippen molar-refractivity contribution in [2.45, 2.75) is 26.2 Å². The Morgan fingerprint density at radius 1 is 1.33 bits per heavy atom. The van der Waals surface area contributed by atoms with Gasteiger partial charge < -0.3 is 16.4 Å². The number of benzene rings is 1. The van der Waals surface area contributed by atoms with E-state index in [-0.39, 0.29) is 6.03 Å². The number of anilines is 2. The Bertz CT molecular complexity index is 402. The van der Waals surface area contributed by atoms with Crippen molar-refractivity contribution in [2.75, 3.05) is 17.6 Å². The lowest BCUT2D eigenvalue weighted by molar-refractivity contribution is 0.248. The van der Waals surface area contributed by atoms with E-state index in [1.165, 1.54) is 19.3 Å². The van der Waals surface area contributed by atoms with Crippen molar-refractivity contribution in [2.24, 2.45) is 11.8 Å². The topological polar surface area (TPSA) is 67.2 Å². The Morgan fingerprint density at radius 3 is 2.67 bits per heavy atom. The molecule has 1 fully saturated rings.